The molecular weight excluding hydrogens is 402 g/mol. The van der Waals surface area contributed by atoms with Gasteiger partial charge in [-0.05, 0) is 87.5 Å². The third-order valence-electron chi connectivity index (χ3n) is 9.81. The molecule has 3 N–H and O–H groups in total. The normalized spacial score (nSPS) is 49.1. The SMILES string of the molecule is O=C1C=C(C2CCC3(O)C2CC[C@H]2[C@H]3CCC3(O)CC(O)CCC23CO[N+](=O)[O-])CC1. The topological polar surface area (TPSA) is 130 Å². The van der Waals surface area contributed by atoms with Gasteiger partial charge in [-0.3, -0.25) is 4.79 Å². The van der Waals surface area contributed by atoms with Gasteiger partial charge in [-0.25, -0.2) is 0 Å². The molecular formula is C23H33NO7. The maximum Gasteiger partial charge on any atom is 0.294 e. The van der Waals surface area contributed by atoms with Crippen molar-refractivity contribution < 1.29 is 30.0 Å². The van der Waals surface area contributed by atoms with Crippen molar-refractivity contribution in [2.75, 3.05) is 6.61 Å². The van der Waals surface area contributed by atoms with E-state index >= 15 is 0 Å². The minimum absolute atomic E-state index is 0.0557. The predicted octanol–water partition coefficient (Wildman–Crippen LogP) is 2.32. The van der Waals surface area contributed by atoms with Crippen LogP contribution in [-0.4, -0.2) is 50.1 Å². The minimum atomic E-state index is -1.22. The first-order valence-corrected chi connectivity index (χ1v) is 11.8. The molecule has 0 aromatic rings. The standard InChI is InChI=1S/C23H33NO7/c25-15-2-1-14(11-15)17-6-10-23(28)18(17)3-4-19-20(23)7-9-22(27)12-16(26)5-8-21(19,22)13-31-24(29)30/h11,16-20,26-28H,1-10,12-13H2/t16?,17?,18?,19-,20+,21?,22?,23?/m0/s1. The van der Waals surface area contributed by atoms with E-state index in [1.165, 1.54) is 5.57 Å². The van der Waals surface area contributed by atoms with Gasteiger partial charge in [0.15, 0.2) is 5.78 Å². The Morgan fingerprint density at radius 2 is 1.81 bits per heavy atom. The van der Waals surface area contributed by atoms with E-state index in [4.69, 9.17) is 4.84 Å². The highest BCUT2D eigenvalue weighted by molar-refractivity contribution is 5.93. The minimum Gasteiger partial charge on any atom is -0.393 e. The highest BCUT2D eigenvalue weighted by atomic mass is 16.9. The van der Waals surface area contributed by atoms with E-state index < -0.39 is 27.8 Å². The Labute approximate surface area is 181 Å². The lowest BCUT2D eigenvalue weighted by Gasteiger charge is -2.64. The molecule has 0 spiro atoms. The molecule has 5 rings (SSSR count). The van der Waals surface area contributed by atoms with Gasteiger partial charge in [-0.2, -0.15) is 0 Å². The maximum atomic E-state index is 12.0. The number of aliphatic hydroxyl groups is 3. The van der Waals surface area contributed by atoms with E-state index in [0.29, 0.717) is 38.5 Å². The van der Waals surface area contributed by atoms with Crippen molar-refractivity contribution in [3.8, 4) is 0 Å². The van der Waals surface area contributed by atoms with Crippen LogP contribution in [-0.2, 0) is 9.63 Å². The molecule has 31 heavy (non-hydrogen) atoms. The average molecular weight is 436 g/mol. The highest BCUT2D eigenvalue weighted by Crippen LogP contribution is 2.67. The first-order valence-electron chi connectivity index (χ1n) is 11.8. The summed E-state index contributed by atoms with van der Waals surface area (Å²) in [5.74, 6) is 0.369. The van der Waals surface area contributed by atoms with Gasteiger partial charge in [0, 0.05) is 18.3 Å². The van der Waals surface area contributed by atoms with Crippen molar-refractivity contribution in [1.82, 2.24) is 0 Å². The van der Waals surface area contributed by atoms with E-state index in [9.17, 15) is 30.2 Å². The van der Waals surface area contributed by atoms with Crippen molar-refractivity contribution in [2.45, 2.75) is 87.9 Å². The molecule has 172 valence electrons. The predicted molar refractivity (Wildman–Crippen MR) is 109 cm³/mol. The zero-order valence-corrected chi connectivity index (χ0v) is 17.9. The van der Waals surface area contributed by atoms with Crippen molar-refractivity contribution in [2.24, 2.45) is 29.1 Å². The summed E-state index contributed by atoms with van der Waals surface area (Å²) >= 11 is 0. The molecule has 5 aliphatic carbocycles. The number of fused-ring (bicyclic) bond motifs is 5. The number of carbonyl (C=O) groups is 1. The van der Waals surface area contributed by atoms with Crippen LogP contribution in [0.1, 0.15) is 70.6 Å². The molecule has 4 fully saturated rings. The van der Waals surface area contributed by atoms with Crippen LogP contribution in [0, 0.1) is 39.2 Å². The zero-order valence-electron chi connectivity index (χ0n) is 17.9. The fraction of sp³-hybridized carbons (Fsp3) is 0.870. The van der Waals surface area contributed by atoms with Crippen LogP contribution < -0.4 is 0 Å². The van der Waals surface area contributed by atoms with Crippen LogP contribution >= 0.6 is 0 Å². The van der Waals surface area contributed by atoms with Crippen molar-refractivity contribution in [3.63, 3.8) is 0 Å². The summed E-state index contributed by atoms with van der Waals surface area (Å²) in [5.41, 5.74) is -1.74. The highest BCUT2D eigenvalue weighted by Gasteiger charge is 2.68. The van der Waals surface area contributed by atoms with Crippen LogP contribution in [0.4, 0.5) is 0 Å². The molecule has 8 heteroatoms. The molecule has 0 heterocycles. The van der Waals surface area contributed by atoms with Crippen molar-refractivity contribution in [1.29, 1.82) is 0 Å². The van der Waals surface area contributed by atoms with E-state index in [-0.39, 0.29) is 42.5 Å². The van der Waals surface area contributed by atoms with Gasteiger partial charge in [0.1, 0.15) is 6.61 Å². The van der Waals surface area contributed by atoms with Gasteiger partial charge in [0.05, 0.1) is 17.3 Å². The lowest BCUT2D eigenvalue weighted by molar-refractivity contribution is -0.762. The van der Waals surface area contributed by atoms with Crippen LogP contribution in [0.15, 0.2) is 11.6 Å². The van der Waals surface area contributed by atoms with Crippen LogP contribution in [0.3, 0.4) is 0 Å². The molecule has 0 aliphatic heterocycles. The van der Waals surface area contributed by atoms with Gasteiger partial charge in [0.25, 0.3) is 5.09 Å². The van der Waals surface area contributed by atoms with Crippen LogP contribution in [0.25, 0.3) is 0 Å². The number of carbonyl (C=O) groups excluding carboxylic acids is 1. The second-order valence-corrected chi connectivity index (χ2v) is 10.8. The summed E-state index contributed by atoms with van der Waals surface area (Å²) in [7, 11) is 0. The Balaban J connectivity index is 1.47. The Morgan fingerprint density at radius 3 is 2.52 bits per heavy atom. The van der Waals surface area contributed by atoms with Gasteiger partial charge in [-0.15, -0.1) is 10.1 Å². The quantitative estimate of drug-likeness (QED) is 0.456. The summed E-state index contributed by atoms with van der Waals surface area (Å²) < 4.78 is 0. The summed E-state index contributed by atoms with van der Waals surface area (Å²) in [4.78, 5) is 27.8. The van der Waals surface area contributed by atoms with Gasteiger partial charge in [-0.1, -0.05) is 5.57 Å². The van der Waals surface area contributed by atoms with Crippen molar-refractivity contribution in [3.05, 3.63) is 21.8 Å². The molecule has 8 nitrogen and oxygen atoms in total. The largest absolute Gasteiger partial charge is 0.393 e. The van der Waals surface area contributed by atoms with Gasteiger partial charge in [0.2, 0.25) is 0 Å². The lowest BCUT2D eigenvalue weighted by Crippen LogP contribution is -2.68. The molecule has 4 saturated carbocycles. The summed E-state index contributed by atoms with van der Waals surface area (Å²) in [5, 5.41) is 44.2. The second kappa shape index (κ2) is 7.25. The smallest absolute Gasteiger partial charge is 0.294 e. The number of hydrogen-bond acceptors (Lipinski definition) is 7. The fourth-order valence-corrected chi connectivity index (χ4v) is 8.52. The molecule has 0 amide bonds. The number of ketones is 1. The number of aliphatic hydroxyl groups excluding tert-OH is 1. The van der Waals surface area contributed by atoms with Gasteiger partial charge < -0.3 is 20.2 Å². The van der Waals surface area contributed by atoms with Crippen LogP contribution in [0.2, 0.25) is 0 Å². The first kappa shape index (κ1) is 21.3. The molecule has 0 bridgehead atoms. The van der Waals surface area contributed by atoms with Gasteiger partial charge >= 0.3 is 0 Å². The van der Waals surface area contributed by atoms with E-state index in [0.717, 1.165) is 25.7 Å². The molecule has 0 saturated heterocycles. The summed E-state index contributed by atoms with van der Waals surface area (Å²) in [6, 6.07) is 0. The monoisotopic (exact) mass is 435 g/mol. The summed E-state index contributed by atoms with van der Waals surface area (Å²) in [6.07, 6.45) is 7.83. The zero-order chi connectivity index (χ0) is 22.0. The Morgan fingerprint density at radius 1 is 1.03 bits per heavy atom. The lowest BCUT2D eigenvalue weighted by atomic mass is 9.43. The van der Waals surface area contributed by atoms with E-state index in [1.807, 2.05) is 0 Å². The number of rotatable bonds is 4. The Kier molecular flexibility index (Phi) is 4.99. The number of hydrogen-bond donors (Lipinski definition) is 3. The number of allylic oxidation sites excluding steroid dienone is 2. The second-order valence-electron chi connectivity index (χ2n) is 10.8. The Bertz CT molecular complexity index is 814. The molecule has 0 aromatic carbocycles. The molecule has 0 radical (unpaired) electrons. The van der Waals surface area contributed by atoms with Crippen LogP contribution in [0.5, 0.6) is 0 Å². The molecule has 8 atom stereocenters. The van der Waals surface area contributed by atoms with E-state index in [1.54, 1.807) is 6.08 Å². The summed E-state index contributed by atoms with van der Waals surface area (Å²) in [6.45, 7) is -0.186. The Hall–Kier alpha value is -1.51. The molecule has 0 aromatic heterocycles. The maximum absolute atomic E-state index is 12.0. The van der Waals surface area contributed by atoms with E-state index in [2.05, 4.69) is 0 Å². The number of nitrogens with zero attached hydrogens (tertiary/aromatic N) is 1. The molecule has 6 unspecified atom stereocenters. The third-order valence-corrected chi connectivity index (χ3v) is 9.81. The first-order chi connectivity index (χ1) is 14.7. The fourth-order valence-electron chi connectivity index (χ4n) is 8.52. The third kappa shape index (κ3) is 3.09. The average Bonchev–Trinajstić information content (AvgIpc) is 3.28. The van der Waals surface area contributed by atoms with Crippen molar-refractivity contribution >= 4 is 5.78 Å². The molecule has 5 aliphatic rings.